The summed E-state index contributed by atoms with van der Waals surface area (Å²) in [5.74, 6) is 1.20. The lowest BCUT2D eigenvalue weighted by molar-refractivity contribution is 0.463. The fourth-order valence-corrected chi connectivity index (χ4v) is 1.79. The third kappa shape index (κ3) is 1.84. The lowest BCUT2D eigenvalue weighted by Crippen LogP contribution is -2.20. The second kappa shape index (κ2) is 3.41. The lowest BCUT2D eigenvalue weighted by atomic mass is 9.95. The Hall–Kier alpha value is -0.790. The van der Waals surface area contributed by atoms with Gasteiger partial charge < -0.3 is 4.57 Å². The summed E-state index contributed by atoms with van der Waals surface area (Å²) in [6.07, 6.45) is 0. The molecule has 0 saturated heterocycles. The van der Waals surface area contributed by atoms with Crippen molar-refractivity contribution in [3.63, 3.8) is 0 Å². The SMILES string of the molecule is Cc1nc(C(C)(C)C)n(C(C)C)c1C. The van der Waals surface area contributed by atoms with Gasteiger partial charge in [0, 0.05) is 17.2 Å². The van der Waals surface area contributed by atoms with Gasteiger partial charge in [0.25, 0.3) is 0 Å². The van der Waals surface area contributed by atoms with Gasteiger partial charge in [-0.1, -0.05) is 20.8 Å². The normalized spacial score (nSPS) is 12.6. The van der Waals surface area contributed by atoms with Crippen molar-refractivity contribution in [1.29, 1.82) is 0 Å². The Morgan fingerprint density at radius 3 is 1.93 bits per heavy atom. The van der Waals surface area contributed by atoms with Crippen LogP contribution in [-0.2, 0) is 5.41 Å². The molecule has 2 heteroatoms. The van der Waals surface area contributed by atoms with E-state index in [1.54, 1.807) is 0 Å². The average Bonchev–Trinajstić information content (AvgIpc) is 2.27. The minimum Gasteiger partial charge on any atom is -0.329 e. The number of imidazole rings is 1. The average molecular weight is 194 g/mol. The van der Waals surface area contributed by atoms with Crippen LogP contribution in [0.3, 0.4) is 0 Å². The number of hydrogen-bond donors (Lipinski definition) is 0. The molecule has 0 bridgehead atoms. The molecule has 0 unspecified atom stereocenters. The zero-order valence-electron chi connectivity index (χ0n) is 10.5. The van der Waals surface area contributed by atoms with Crippen LogP contribution >= 0.6 is 0 Å². The molecule has 1 heterocycles. The Morgan fingerprint density at radius 2 is 1.64 bits per heavy atom. The molecule has 0 saturated carbocycles. The fourth-order valence-electron chi connectivity index (χ4n) is 1.79. The van der Waals surface area contributed by atoms with Gasteiger partial charge in [-0.15, -0.1) is 0 Å². The van der Waals surface area contributed by atoms with E-state index in [2.05, 4.69) is 58.0 Å². The van der Waals surface area contributed by atoms with Gasteiger partial charge in [0.05, 0.1) is 5.69 Å². The molecule has 0 amide bonds. The van der Waals surface area contributed by atoms with Gasteiger partial charge in [0.15, 0.2) is 0 Å². The molecule has 0 radical (unpaired) electrons. The molecule has 0 aliphatic heterocycles. The first-order chi connectivity index (χ1) is 6.25. The monoisotopic (exact) mass is 194 g/mol. The van der Waals surface area contributed by atoms with Crippen LogP contribution in [0.25, 0.3) is 0 Å². The first-order valence-electron chi connectivity index (χ1n) is 5.31. The number of aryl methyl sites for hydroxylation is 1. The molecule has 0 aliphatic rings. The summed E-state index contributed by atoms with van der Waals surface area (Å²) in [4.78, 5) is 4.67. The molecular formula is C12H22N2. The quantitative estimate of drug-likeness (QED) is 0.670. The first kappa shape index (κ1) is 11.3. The van der Waals surface area contributed by atoms with Crippen LogP contribution in [0.4, 0.5) is 0 Å². The summed E-state index contributed by atoms with van der Waals surface area (Å²) in [7, 11) is 0. The van der Waals surface area contributed by atoms with E-state index in [9.17, 15) is 0 Å². The van der Waals surface area contributed by atoms with E-state index < -0.39 is 0 Å². The van der Waals surface area contributed by atoms with Crippen molar-refractivity contribution in [2.24, 2.45) is 0 Å². The molecule has 1 aromatic rings. The van der Waals surface area contributed by atoms with Gasteiger partial charge in [-0.3, -0.25) is 0 Å². The van der Waals surface area contributed by atoms with Gasteiger partial charge in [0.2, 0.25) is 0 Å². The summed E-state index contributed by atoms with van der Waals surface area (Å²) >= 11 is 0. The maximum atomic E-state index is 4.67. The zero-order chi connectivity index (χ0) is 11.1. The molecule has 0 aliphatic carbocycles. The molecule has 1 rings (SSSR count). The second-order valence-electron chi connectivity index (χ2n) is 5.32. The number of hydrogen-bond acceptors (Lipinski definition) is 1. The maximum Gasteiger partial charge on any atom is 0.114 e. The molecule has 2 nitrogen and oxygen atoms in total. The van der Waals surface area contributed by atoms with Gasteiger partial charge in [-0.2, -0.15) is 0 Å². The van der Waals surface area contributed by atoms with Gasteiger partial charge in [0.1, 0.15) is 5.82 Å². The highest BCUT2D eigenvalue weighted by atomic mass is 15.1. The molecule has 0 N–H and O–H groups in total. The van der Waals surface area contributed by atoms with Crippen LogP contribution in [0.5, 0.6) is 0 Å². The Balaban J connectivity index is 3.37. The highest BCUT2D eigenvalue weighted by molar-refractivity contribution is 5.19. The lowest BCUT2D eigenvalue weighted by Gasteiger charge is -2.23. The van der Waals surface area contributed by atoms with E-state index >= 15 is 0 Å². The third-order valence-electron chi connectivity index (χ3n) is 2.57. The number of rotatable bonds is 1. The predicted octanol–water partition coefficient (Wildman–Crippen LogP) is 3.38. The van der Waals surface area contributed by atoms with Crippen molar-refractivity contribution in [3.8, 4) is 0 Å². The van der Waals surface area contributed by atoms with Crippen LogP contribution < -0.4 is 0 Å². The number of aromatic nitrogens is 2. The highest BCUT2D eigenvalue weighted by Gasteiger charge is 2.23. The third-order valence-corrected chi connectivity index (χ3v) is 2.57. The van der Waals surface area contributed by atoms with Crippen molar-refractivity contribution < 1.29 is 0 Å². The molecule has 0 aromatic carbocycles. The minimum absolute atomic E-state index is 0.128. The first-order valence-corrected chi connectivity index (χ1v) is 5.31. The Morgan fingerprint density at radius 1 is 1.14 bits per heavy atom. The number of nitrogens with zero attached hydrogens (tertiary/aromatic N) is 2. The van der Waals surface area contributed by atoms with Crippen LogP contribution in [-0.4, -0.2) is 9.55 Å². The van der Waals surface area contributed by atoms with Crippen molar-refractivity contribution in [2.45, 2.75) is 59.9 Å². The smallest absolute Gasteiger partial charge is 0.114 e. The maximum absolute atomic E-state index is 4.67. The van der Waals surface area contributed by atoms with Crippen molar-refractivity contribution in [2.75, 3.05) is 0 Å². The van der Waals surface area contributed by atoms with E-state index in [0.29, 0.717) is 6.04 Å². The largest absolute Gasteiger partial charge is 0.329 e. The van der Waals surface area contributed by atoms with Gasteiger partial charge in [-0.25, -0.2) is 4.98 Å². The highest BCUT2D eigenvalue weighted by Crippen LogP contribution is 2.26. The molecule has 80 valence electrons. The fraction of sp³-hybridized carbons (Fsp3) is 0.750. The summed E-state index contributed by atoms with van der Waals surface area (Å²) in [6, 6.07) is 0.491. The van der Waals surface area contributed by atoms with E-state index in [1.807, 2.05) is 0 Å². The van der Waals surface area contributed by atoms with Crippen LogP contribution in [0.1, 0.15) is 57.9 Å². The molecule has 0 spiro atoms. The molecule has 0 fully saturated rings. The van der Waals surface area contributed by atoms with Crippen molar-refractivity contribution >= 4 is 0 Å². The van der Waals surface area contributed by atoms with E-state index in [1.165, 1.54) is 11.5 Å². The topological polar surface area (TPSA) is 17.8 Å². The van der Waals surface area contributed by atoms with Gasteiger partial charge >= 0.3 is 0 Å². The van der Waals surface area contributed by atoms with Crippen LogP contribution in [0.15, 0.2) is 0 Å². The Labute approximate surface area is 87.4 Å². The van der Waals surface area contributed by atoms with Crippen LogP contribution in [0.2, 0.25) is 0 Å². The van der Waals surface area contributed by atoms with E-state index in [-0.39, 0.29) is 5.41 Å². The zero-order valence-corrected chi connectivity index (χ0v) is 10.5. The molecular weight excluding hydrogens is 172 g/mol. The van der Waals surface area contributed by atoms with E-state index in [4.69, 9.17) is 0 Å². The van der Waals surface area contributed by atoms with Crippen molar-refractivity contribution in [3.05, 3.63) is 17.2 Å². The minimum atomic E-state index is 0.128. The van der Waals surface area contributed by atoms with Crippen molar-refractivity contribution in [1.82, 2.24) is 9.55 Å². The summed E-state index contributed by atoms with van der Waals surface area (Å²) in [6.45, 7) is 15.3. The second-order valence-corrected chi connectivity index (χ2v) is 5.32. The predicted molar refractivity (Wildman–Crippen MR) is 60.8 cm³/mol. The van der Waals surface area contributed by atoms with Gasteiger partial charge in [-0.05, 0) is 27.7 Å². The standard InChI is InChI=1S/C12H22N2/c1-8(2)14-10(4)9(3)13-11(14)12(5,6)7/h8H,1-7H3. The molecule has 0 atom stereocenters. The molecule has 1 aromatic heterocycles. The molecule has 14 heavy (non-hydrogen) atoms. The summed E-state index contributed by atoms with van der Waals surface area (Å²) < 4.78 is 2.34. The summed E-state index contributed by atoms with van der Waals surface area (Å²) in [5, 5.41) is 0. The Bertz CT molecular complexity index is 327. The van der Waals surface area contributed by atoms with Crippen LogP contribution in [0, 0.1) is 13.8 Å². The van der Waals surface area contributed by atoms with E-state index in [0.717, 1.165) is 5.69 Å². The Kier molecular flexibility index (Phi) is 2.75. The summed E-state index contributed by atoms with van der Waals surface area (Å²) in [5.41, 5.74) is 2.58.